The monoisotopic (exact) mass is 380 g/mol. The molecular weight excluding hydrogens is 364 g/mol. The molecule has 0 spiro atoms. The summed E-state index contributed by atoms with van der Waals surface area (Å²) in [5, 5.41) is 19.4. The Morgan fingerprint density at radius 1 is 1.22 bits per heavy atom. The predicted molar refractivity (Wildman–Crippen MR) is 102 cm³/mol. The lowest BCUT2D eigenvalue weighted by atomic mass is 10.1. The molecule has 7 heteroatoms. The van der Waals surface area contributed by atoms with Crippen LogP contribution in [0.4, 0.5) is 0 Å². The van der Waals surface area contributed by atoms with Crippen molar-refractivity contribution < 1.29 is 19.4 Å². The summed E-state index contributed by atoms with van der Waals surface area (Å²) in [6.45, 7) is 2.30. The Balaban J connectivity index is 2.07. The number of benzene rings is 2. The van der Waals surface area contributed by atoms with E-state index in [0.717, 1.165) is 11.3 Å². The van der Waals surface area contributed by atoms with Crippen molar-refractivity contribution in [1.82, 2.24) is 4.98 Å². The number of hydrogen-bond acceptors (Lipinski definition) is 6. The van der Waals surface area contributed by atoms with Gasteiger partial charge < -0.3 is 14.6 Å². The smallest absolute Gasteiger partial charge is 0.348 e. The fourth-order valence-electron chi connectivity index (χ4n) is 2.56. The highest BCUT2D eigenvalue weighted by atomic mass is 32.1. The molecule has 0 saturated heterocycles. The molecule has 0 bridgehead atoms. The van der Waals surface area contributed by atoms with Gasteiger partial charge in [-0.2, -0.15) is 5.26 Å². The zero-order chi connectivity index (χ0) is 19.4. The highest BCUT2D eigenvalue weighted by Gasteiger charge is 2.20. The molecule has 3 aromatic rings. The van der Waals surface area contributed by atoms with Crippen LogP contribution in [-0.2, 0) is 0 Å². The van der Waals surface area contributed by atoms with Gasteiger partial charge in [-0.1, -0.05) is 0 Å². The number of rotatable bonds is 6. The molecule has 0 radical (unpaired) electrons. The summed E-state index contributed by atoms with van der Waals surface area (Å²) in [5.41, 5.74) is 2.12. The average molecular weight is 380 g/mol. The Kier molecular flexibility index (Phi) is 5.38. The number of carboxylic acid groups (broad SMARTS) is 1. The topological polar surface area (TPSA) is 92.4 Å². The summed E-state index contributed by atoms with van der Waals surface area (Å²) in [4.78, 5) is 16.4. The molecule has 6 nitrogen and oxygen atoms in total. The van der Waals surface area contributed by atoms with E-state index in [1.807, 2.05) is 6.92 Å². The van der Waals surface area contributed by atoms with E-state index in [9.17, 15) is 15.2 Å². The van der Waals surface area contributed by atoms with E-state index in [4.69, 9.17) is 9.47 Å². The van der Waals surface area contributed by atoms with E-state index in [1.54, 1.807) is 49.6 Å². The maximum absolute atomic E-state index is 11.7. The molecular formula is C20H16N2O4S. The molecule has 136 valence electrons. The average Bonchev–Trinajstić information content (AvgIpc) is 3.14. The third-order valence-corrected chi connectivity index (χ3v) is 4.92. The quantitative estimate of drug-likeness (QED) is 0.679. The Morgan fingerprint density at radius 2 is 1.93 bits per heavy atom. The van der Waals surface area contributed by atoms with Crippen LogP contribution in [0.1, 0.15) is 22.2 Å². The van der Waals surface area contributed by atoms with E-state index >= 15 is 0 Å². The van der Waals surface area contributed by atoms with Gasteiger partial charge in [0.05, 0.1) is 25.0 Å². The van der Waals surface area contributed by atoms with Gasteiger partial charge in [0.2, 0.25) is 0 Å². The Hall–Kier alpha value is -3.37. The standard InChI is InChI=1S/C20H16N2O4S/c1-3-26-16-9-6-13(10-14(16)11-21)19-22-17(18(27-19)20(23)24)12-4-7-15(25-2)8-5-12/h4-10H,3H2,1-2H3,(H,23,24). The van der Waals surface area contributed by atoms with E-state index in [0.29, 0.717) is 45.5 Å². The van der Waals surface area contributed by atoms with Crippen LogP contribution in [0.15, 0.2) is 42.5 Å². The van der Waals surface area contributed by atoms with Gasteiger partial charge >= 0.3 is 5.97 Å². The van der Waals surface area contributed by atoms with Crippen LogP contribution in [-0.4, -0.2) is 29.8 Å². The maximum atomic E-state index is 11.7. The highest BCUT2D eigenvalue weighted by molar-refractivity contribution is 7.17. The van der Waals surface area contributed by atoms with Crippen LogP contribution in [0.5, 0.6) is 11.5 Å². The minimum absolute atomic E-state index is 0.141. The molecule has 2 aromatic carbocycles. The van der Waals surface area contributed by atoms with Crippen molar-refractivity contribution >= 4 is 17.3 Å². The number of aromatic carboxylic acids is 1. The zero-order valence-corrected chi connectivity index (χ0v) is 15.5. The lowest BCUT2D eigenvalue weighted by Gasteiger charge is -2.06. The van der Waals surface area contributed by atoms with Gasteiger partial charge in [0, 0.05) is 11.1 Å². The van der Waals surface area contributed by atoms with E-state index in [1.165, 1.54) is 0 Å². The lowest BCUT2D eigenvalue weighted by Crippen LogP contribution is -1.95. The van der Waals surface area contributed by atoms with Crippen LogP contribution in [0.2, 0.25) is 0 Å². The van der Waals surface area contributed by atoms with Crippen molar-refractivity contribution in [2.24, 2.45) is 0 Å². The van der Waals surface area contributed by atoms with Crippen molar-refractivity contribution in [3.8, 4) is 39.4 Å². The molecule has 0 unspecified atom stereocenters. The van der Waals surface area contributed by atoms with Gasteiger partial charge in [0.15, 0.2) is 0 Å². The van der Waals surface area contributed by atoms with Crippen LogP contribution < -0.4 is 9.47 Å². The first-order valence-electron chi connectivity index (χ1n) is 8.13. The first kappa shape index (κ1) is 18.4. The number of thiazole rings is 1. The van der Waals surface area contributed by atoms with Gasteiger partial charge in [0.1, 0.15) is 27.5 Å². The van der Waals surface area contributed by atoms with Crippen LogP contribution in [0.3, 0.4) is 0 Å². The third kappa shape index (κ3) is 3.76. The number of hydrogen-bond donors (Lipinski definition) is 1. The zero-order valence-electron chi connectivity index (χ0n) is 14.7. The minimum Gasteiger partial charge on any atom is -0.497 e. The molecule has 0 aliphatic rings. The number of carbonyl (C=O) groups is 1. The predicted octanol–water partition coefficient (Wildman–Crippen LogP) is 4.45. The normalized spacial score (nSPS) is 10.3. The number of nitrogens with zero attached hydrogens (tertiary/aromatic N) is 2. The number of carboxylic acids is 1. The number of methoxy groups -OCH3 is 1. The second kappa shape index (κ2) is 7.89. The molecule has 0 aliphatic carbocycles. The molecule has 0 fully saturated rings. The molecule has 27 heavy (non-hydrogen) atoms. The Bertz CT molecular complexity index is 1020. The fourth-order valence-corrected chi connectivity index (χ4v) is 3.49. The van der Waals surface area contributed by atoms with Gasteiger partial charge in [-0.05, 0) is 49.4 Å². The van der Waals surface area contributed by atoms with Crippen LogP contribution in [0.25, 0.3) is 21.8 Å². The lowest BCUT2D eigenvalue weighted by molar-refractivity contribution is 0.0702. The van der Waals surface area contributed by atoms with Crippen molar-refractivity contribution in [3.63, 3.8) is 0 Å². The second-order valence-electron chi connectivity index (χ2n) is 5.49. The molecule has 1 N–H and O–H groups in total. The van der Waals surface area contributed by atoms with Gasteiger partial charge in [-0.15, -0.1) is 11.3 Å². The van der Waals surface area contributed by atoms with E-state index in [2.05, 4.69) is 11.1 Å². The molecule has 1 heterocycles. The summed E-state index contributed by atoms with van der Waals surface area (Å²) in [5.74, 6) is 0.126. The number of aromatic nitrogens is 1. The highest BCUT2D eigenvalue weighted by Crippen LogP contribution is 2.36. The summed E-state index contributed by atoms with van der Waals surface area (Å²) in [6, 6.07) is 14.3. The van der Waals surface area contributed by atoms with Gasteiger partial charge in [0.25, 0.3) is 0 Å². The summed E-state index contributed by atoms with van der Waals surface area (Å²) in [7, 11) is 1.57. The van der Waals surface area contributed by atoms with Gasteiger partial charge in [-0.25, -0.2) is 9.78 Å². The largest absolute Gasteiger partial charge is 0.497 e. The van der Waals surface area contributed by atoms with E-state index in [-0.39, 0.29) is 4.88 Å². The molecule has 0 amide bonds. The van der Waals surface area contributed by atoms with Crippen LogP contribution in [0, 0.1) is 11.3 Å². The fraction of sp³-hybridized carbons (Fsp3) is 0.150. The molecule has 0 aliphatic heterocycles. The first-order chi connectivity index (χ1) is 13.1. The van der Waals surface area contributed by atoms with Gasteiger partial charge in [-0.3, -0.25) is 0 Å². The third-order valence-electron chi connectivity index (χ3n) is 3.83. The van der Waals surface area contributed by atoms with Crippen molar-refractivity contribution in [3.05, 3.63) is 52.9 Å². The van der Waals surface area contributed by atoms with E-state index < -0.39 is 5.97 Å². The molecule has 1 aromatic heterocycles. The Morgan fingerprint density at radius 3 is 2.52 bits per heavy atom. The second-order valence-corrected chi connectivity index (χ2v) is 6.49. The maximum Gasteiger partial charge on any atom is 0.348 e. The van der Waals surface area contributed by atoms with Crippen LogP contribution >= 0.6 is 11.3 Å². The summed E-state index contributed by atoms with van der Waals surface area (Å²) < 4.78 is 10.6. The number of nitriles is 1. The van der Waals surface area contributed by atoms with Crippen molar-refractivity contribution in [2.75, 3.05) is 13.7 Å². The first-order valence-corrected chi connectivity index (χ1v) is 8.94. The summed E-state index contributed by atoms with van der Waals surface area (Å²) in [6.07, 6.45) is 0. The van der Waals surface area contributed by atoms with Crippen molar-refractivity contribution in [1.29, 1.82) is 5.26 Å². The molecule has 3 rings (SSSR count). The number of ether oxygens (including phenoxy) is 2. The summed E-state index contributed by atoms with van der Waals surface area (Å²) >= 11 is 1.07. The molecule has 0 saturated carbocycles. The SMILES string of the molecule is CCOc1ccc(-c2nc(-c3ccc(OC)cc3)c(C(=O)O)s2)cc1C#N. The molecule has 0 atom stereocenters. The van der Waals surface area contributed by atoms with Crippen molar-refractivity contribution in [2.45, 2.75) is 6.92 Å². The minimum atomic E-state index is -1.05. The Labute approximate surface area is 160 Å².